The number of anilines is 1. The van der Waals surface area contributed by atoms with Crippen molar-refractivity contribution in [2.24, 2.45) is 0 Å². The molecule has 2 rings (SSSR count). The third kappa shape index (κ3) is 3.83. The van der Waals surface area contributed by atoms with Crippen LogP contribution in [0.2, 0.25) is 0 Å². The molecule has 104 valence electrons. The molecule has 0 bridgehead atoms. The number of carbonyl (C=O) groups is 2. The molecule has 1 atom stereocenters. The Hall–Kier alpha value is -1.83. The van der Waals surface area contributed by atoms with Crippen molar-refractivity contribution in [2.75, 3.05) is 5.32 Å². The van der Waals surface area contributed by atoms with E-state index >= 15 is 0 Å². The monoisotopic (exact) mass is 384 g/mol. The zero-order valence-corrected chi connectivity index (χ0v) is 12.9. The van der Waals surface area contributed by atoms with Crippen molar-refractivity contribution in [3.63, 3.8) is 0 Å². The molecule has 0 aliphatic rings. The first-order chi connectivity index (χ1) is 9.56. The van der Waals surface area contributed by atoms with Crippen molar-refractivity contribution in [1.29, 1.82) is 0 Å². The molecule has 5 nitrogen and oxygen atoms in total. The summed E-state index contributed by atoms with van der Waals surface area (Å²) in [6, 6.07) is 9.92. The predicted molar refractivity (Wildman–Crippen MR) is 83.4 cm³/mol. The highest BCUT2D eigenvalue weighted by molar-refractivity contribution is 14.1. The molecule has 20 heavy (non-hydrogen) atoms. The topological polar surface area (TPSA) is 71.3 Å². The highest BCUT2D eigenvalue weighted by Crippen LogP contribution is 2.12. The lowest BCUT2D eigenvalue weighted by molar-refractivity contribution is -0.117. The van der Waals surface area contributed by atoms with Crippen LogP contribution in [0, 0.1) is 3.57 Å². The summed E-state index contributed by atoms with van der Waals surface area (Å²) < 4.78 is 5.99. The first kappa shape index (κ1) is 14.6. The zero-order valence-electron chi connectivity index (χ0n) is 10.7. The molecule has 1 aromatic heterocycles. The first-order valence-electron chi connectivity index (χ1n) is 5.97. The predicted octanol–water partition coefficient (Wildman–Crippen LogP) is 2.64. The molecule has 0 spiro atoms. The molecule has 0 saturated heterocycles. The quantitative estimate of drug-likeness (QED) is 0.797. The molecule has 0 saturated carbocycles. The molecule has 1 unspecified atom stereocenters. The number of hydrogen-bond donors (Lipinski definition) is 2. The number of nitrogens with one attached hydrogen (secondary N) is 2. The fraction of sp³-hybridized carbons (Fsp3) is 0.143. The Morgan fingerprint density at radius 2 is 2.05 bits per heavy atom. The normalized spacial score (nSPS) is 11.7. The second kappa shape index (κ2) is 6.56. The van der Waals surface area contributed by atoms with Gasteiger partial charge in [0.05, 0.1) is 6.26 Å². The highest BCUT2D eigenvalue weighted by atomic mass is 127. The lowest BCUT2D eigenvalue weighted by Gasteiger charge is -2.13. The Morgan fingerprint density at radius 1 is 1.25 bits per heavy atom. The summed E-state index contributed by atoms with van der Waals surface area (Å²) in [5.74, 6) is -0.522. The number of furan rings is 1. The number of carbonyl (C=O) groups excluding carboxylic acids is 2. The van der Waals surface area contributed by atoms with Crippen molar-refractivity contribution >= 4 is 40.1 Å². The van der Waals surface area contributed by atoms with Gasteiger partial charge in [-0.25, -0.2) is 0 Å². The Kier molecular flexibility index (Phi) is 4.78. The average Bonchev–Trinajstić information content (AvgIpc) is 2.92. The number of rotatable bonds is 4. The van der Waals surface area contributed by atoms with E-state index in [1.165, 1.54) is 6.26 Å². The van der Waals surface area contributed by atoms with Crippen LogP contribution < -0.4 is 10.6 Å². The second-order valence-corrected chi connectivity index (χ2v) is 5.42. The maximum atomic E-state index is 12.0. The summed E-state index contributed by atoms with van der Waals surface area (Å²) in [6.45, 7) is 1.62. The molecule has 2 amide bonds. The second-order valence-electron chi connectivity index (χ2n) is 4.17. The van der Waals surface area contributed by atoms with Crippen LogP contribution in [0.4, 0.5) is 5.69 Å². The molecule has 1 aromatic carbocycles. The van der Waals surface area contributed by atoms with Gasteiger partial charge in [-0.2, -0.15) is 0 Å². The van der Waals surface area contributed by atoms with Crippen LogP contribution in [-0.4, -0.2) is 17.9 Å². The maximum Gasteiger partial charge on any atom is 0.287 e. The Labute approximate surface area is 129 Å². The number of benzene rings is 1. The molecule has 6 heteroatoms. The van der Waals surface area contributed by atoms with Gasteiger partial charge in [0.2, 0.25) is 5.91 Å². The molecule has 2 N–H and O–H groups in total. The molecule has 0 fully saturated rings. The largest absolute Gasteiger partial charge is 0.459 e. The third-order valence-electron chi connectivity index (χ3n) is 2.58. The van der Waals surface area contributed by atoms with Gasteiger partial charge in [0, 0.05) is 9.26 Å². The minimum atomic E-state index is -0.662. The van der Waals surface area contributed by atoms with Gasteiger partial charge in [0.25, 0.3) is 5.91 Å². The fourth-order valence-electron chi connectivity index (χ4n) is 1.56. The van der Waals surface area contributed by atoms with Crippen molar-refractivity contribution in [3.8, 4) is 0 Å². The average molecular weight is 384 g/mol. The van der Waals surface area contributed by atoms with Crippen LogP contribution in [0.5, 0.6) is 0 Å². The molecule has 2 aromatic rings. The summed E-state index contributed by atoms with van der Waals surface area (Å²) in [6.07, 6.45) is 1.41. The SMILES string of the molecule is CC(NC(=O)c1ccco1)C(=O)Nc1cccc(I)c1. The molecular formula is C14H13IN2O3. The molecular weight excluding hydrogens is 371 g/mol. The number of halogens is 1. The van der Waals surface area contributed by atoms with Gasteiger partial charge in [0.15, 0.2) is 5.76 Å². The fourth-order valence-corrected chi connectivity index (χ4v) is 2.10. The van der Waals surface area contributed by atoms with Gasteiger partial charge in [0.1, 0.15) is 6.04 Å². The van der Waals surface area contributed by atoms with Crippen LogP contribution in [0.25, 0.3) is 0 Å². The molecule has 0 radical (unpaired) electrons. The van der Waals surface area contributed by atoms with Gasteiger partial charge < -0.3 is 15.1 Å². The van der Waals surface area contributed by atoms with E-state index in [9.17, 15) is 9.59 Å². The maximum absolute atomic E-state index is 12.0. The summed E-state index contributed by atoms with van der Waals surface area (Å²) in [5, 5.41) is 5.31. The third-order valence-corrected chi connectivity index (χ3v) is 3.25. The smallest absolute Gasteiger partial charge is 0.287 e. The summed E-state index contributed by atoms with van der Waals surface area (Å²) in [4.78, 5) is 23.7. The molecule has 0 aliphatic carbocycles. The van der Waals surface area contributed by atoms with Crippen molar-refractivity contribution in [3.05, 3.63) is 52.0 Å². The van der Waals surface area contributed by atoms with Crippen LogP contribution in [0.15, 0.2) is 47.1 Å². The zero-order chi connectivity index (χ0) is 14.5. The van der Waals surface area contributed by atoms with E-state index < -0.39 is 11.9 Å². The van der Waals surface area contributed by atoms with Crippen LogP contribution in [0.3, 0.4) is 0 Å². The Morgan fingerprint density at radius 3 is 2.70 bits per heavy atom. The van der Waals surface area contributed by atoms with E-state index in [0.29, 0.717) is 5.69 Å². The standard InChI is InChI=1S/C14H13IN2O3/c1-9(16-14(19)12-6-3-7-20-12)13(18)17-11-5-2-4-10(15)8-11/h2-9H,1H3,(H,16,19)(H,17,18). The molecule has 0 aliphatic heterocycles. The van der Waals surface area contributed by atoms with Crippen LogP contribution in [-0.2, 0) is 4.79 Å². The van der Waals surface area contributed by atoms with Crippen molar-refractivity contribution < 1.29 is 14.0 Å². The highest BCUT2D eigenvalue weighted by Gasteiger charge is 2.18. The van der Waals surface area contributed by atoms with Crippen molar-refractivity contribution in [2.45, 2.75) is 13.0 Å². The van der Waals surface area contributed by atoms with Crippen LogP contribution >= 0.6 is 22.6 Å². The van der Waals surface area contributed by atoms with Gasteiger partial charge in [-0.15, -0.1) is 0 Å². The minimum Gasteiger partial charge on any atom is -0.459 e. The lowest BCUT2D eigenvalue weighted by Crippen LogP contribution is -2.41. The Bertz CT molecular complexity index is 611. The first-order valence-corrected chi connectivity index (χ1v) is 7.05. The van der Waals surface area contributed by atoms with Crippen LogP contribution in [0.1, 0.15) is 17.5 Å². The van der Waals surface area contributed by atoms with E-state index in [-0.39, 0.29) is 11.7 Å². The van der Waals surface area contributed by atoms with Gasteiger partial charge in [-0.3, -0.25) is 9.59 Å². The minimum absolute atomic E-state index is 0.180. The number of amides is 2. The van der Waals surface area contributed by atoms with Crippen molar-refractivity contribution in [1.82, 2.24) is 5.32 Å². The van der Waals surface area contributed by atoms with Gasteiger partial charge in [-0.05, 0) is 59.8 Å². The van der Waals surface area contributed by atoms with Gasteiger partial charge >= 0.3 is 0 Å². The lowest BCUT2D eigenvalue weighted by atomic mass is 10.2. The summed E-state index contributed by atoms with van der Waals surface area (Å²) in [5.41, 5.74) is 0.695. The summed E-state index contributed by atoms with van der Waals surface area (Å²) >= 11 is 2.16. The molecule has 1 heterocycles. The van der Waals surface area contributed by atoms with E-state index in [1.54, 1.807) is 25.1 Å². The van der Waals surface area contributed by atoms with E-state index in [0.717, 1.165) is 3.57 Å². The summed E-state index contributed by atoms with van der Waals surface area (Å²) in [7, 11) is 0. The van der Waals surface area contributed by atoms with Gasteiger partial charge in [-0.1, -0.05) is 6.07 Å². The number of hydrogen-bond acceptors (Lipinski definition) is 3. The van der Waals surface area contributed by atoms with E-state index in [4.69, 9.17) is 4.42 Å². The Balaban J connectivity index is 1.94. The van der Waals surface area contributed by atoms with E-state index in [1.807, 2.05) is 18.2 Å². The van der Waals surface area contributed by atoms with E-state index in [2.05, 4.69) is 33.2 Å².